The van der Waals surface area contributed by atoms with Gasteiger partial charge in [0.1, 0.15) is 17.1 Å². The topological polar surface area (TPSA) is 81.9 Å². The zero-order valence-corrected chi connectivity index (χ0v) is 14.0. The Morgan fingerprint density at radius 3 is 2.67 bits per heavy atom. The summed E-state index contributed by atoms with van der Waals surface area (Å²) in [6.45, 7) is 4.91. The molecule has 0 bridgehead atoms. The van der Waals surface area contributed by atoms with Crippen molar-refractivity contribution in [1.82, 2.24) is 19.1 Å². The van der Waals surface area contributed by atoms with Crippen LogP contribution in [-0.4, -0.2) is 25.7 Å². The molecule has 0 aliphatic heterocycles. The average Bonchev–Trinajstić information content (AvgIpc) is 3.02. The second-order valence-electron chi connectivity index (χ2n) is 5.51. The SMILES string of the molecule is CCCn1c(=O)n(C)c(=O)c2[nH]c(-c3ccccc3OCC)nc21. The van der Waals surface area contributed by atoms with E-state index in [2.05, 4.69) is 9.97 Å². The maximum Gasteiger partial charge on any atom is 0.332 e. The summed E-state index contributed by atoms with van der Waals surface area (Å²) in [5, 5.41) is 0. The van der Waals surface area contributed by atoms with Crippen molar-refractivity contribution in [2.45, 2.75) is 26.8 Å². The Hall–Kier alpha value is -2.83. The number of aryl methyl sites for hydroxylation is 1. The molecule has 7 nitrogen and oxygen atoms in total. The minimum absolute atomic E-state index is 0.326. The Balaban J connectivity index is 2.30. The van der Waals surface area contributed by atoms with Gasteiger partial charge in [0, 0.05) is 13.6 Å². The molecule has 0 aliphatic carbocycles. The number of ether oxygens (including phenoxy) is 1. The third-order valence-corrected chi connectivity index (χ3v) is 3.87. The van der Waals surface area contributed by atoms with Crippen molar-refractivity contribution in [3.05, 3.63) is 45.1 Å². The van der Waals surface area contributed by atoms with E-state index in [1.165, 1.54) is 11.6 Å². The fourth-order valence-corrected chi connectivity index (χ4v) is 2.73. The minimum atomic E-state index is -0.380. The predicted octanol–water partition coefficient (Wildman–Crippen LogP) is 1.90. The molecule has 0 saturated heterocycles. The lowest BCUT2D eigenvalue weighted by Gasteiger charge is -2.07. The molecule has 3 rings (SSSR count). The molecule has 0 atom stereocenters. The highest BCUT2D eigenvalue weighted by Crippen LogP contribution is 2.28. The number of imidazole rings is 1. The van der Waals surface area contributed by atoms with Gasteiger partial charge in [-0.1, -0.05) is 19.1 Å². The summed E-state index contributed by atoms with van der Waals surface area (Å²) in [7, 11) is 1.48. The van der Waals surface area contributed by atoms with Gasteiger partial charge in [0.25, 0.3) is 5.56 Å². The number of aromatic nitrogens is 4. The van der Waals surface area contributed by atoms with Gasteiger partial charge in [0.2, 0.25) is 0 Å². The van der Waals surface area contributed by atoms with Crippen LogP contribution in [0.5, 0.6) is 5.75 Å². The van der Waals surface area contributed by atoms with Crippen molar-refractivity contribution in [2.75, 3.05) is 6.61 Å². The molecule has 0 radical (unpaired) electrons. The van der Waals surface area contributed by atoms with E-state index >= 15 is 0 Å². The summed E-state index contributed by atoms with van der Waals surface area (Å²) in [5.41, 5.74) is 0.728. The smallest absolute Gasteiger partial charge is 0.332 e. The molecule has 0 amide bonds. The van der Waals surface area contributed by atoms with Crippen molar-refractivity contribution in [1.29, 1.82) is 0 Å². The summed E-state index contributed by atoms with van der Waals surface area (Å²) in [5.74, 6) is 1.20. The Morgan fingerprint density at radius 1 is 1.21 bits per heavy atom. The van der Waals surface area contributed by atoms with Crippen LogP contribution in [0.25, 0.3) is 22.6 Å². The van der Waals surface area contributed by atoms with Gasteiger partial charge >= 0.3 is 5.69 Å². The van der Waals surface area contributed by atoms with Crippen molar-refractivity contribution >= 4 is 11.2 Å². The molecular weight excluding hydrogens is 308 g/mol. The van der Waals surface area contributed by atoms with Gasteiger partial charge in [-0.05, 0) is 25.5 Å². The van der Waals surface area contributed by atoms with E-state index in [0.717, 1.165) is 16.6 Å². The number of fused-ring (bicyclic) bond motifs is 1. The van der Waals surface area contributed by atoms with Gasteiger partial charge in [0.15, 0.2) is 5.65 Å². The third-order valence-electron chi connectivity index (χ3n) is 3.87. The lowest BCUT2D eigenvalue weighted by molar-refractivity contribution is 0.341. The molecule has 7 heteroatoms. The largest absolute Gasteiger partial charge is 0.493 e. The number of aromatic amines is 1. The van der Waals surface area contributed by atoms with Gasteiger partial charge in [-0.2, -0.15) is 0 Å². The van der Waals surface area contributed by atoms with Crippen LogP contribution in [0.2, 0.25) is 0 Å². The maximum absolute atomic E-state index is 12.4. The number of hydrogen-bond acceptors (Lipinski definition) is 4. The fraction of sp³-hybridized carbons (Fsp3) is 0.353. The van der Waals surface area contributed by atoms with Crippen molar-refractivity contribution in [2.24, 2.45) is 7.05 Å². The van der Waals surface area contributed by atoms with E-state index < -0.39 is 0 Å². The first kappa shape index (κ1) is 16.0. The quantitative estimate of drug-likeness (QED) is 0.775. The summed E-state index contributed by atoms with van der Waals surface area (Å²) >= 11 is 0. The number of nitrogens with zero attached hydrogens (tertiary/aromatic N) is 3. The third kappa shape index (κ3) is 2.51. The number of nitrogens with one attached hydrogen (secondary N) is 1. The first-order valence-electron chi connectivity index (χ1n) is 8.00. The zero-order valence-electron chi connectivity index (χ0n) is 14.0. The van der Waals surface area contributed by atoms with Crippen molar-refractivity contribution in [3.8, 4) is 17.1 Å². The monoisotopic (exact) mass is 328 g/mol. The molecule has 2 heterocycles. The average molecular weight is 328 g/mol. The van der Waals surface area contributed by atoms with Gasteiger partial charge < -0.3 is 9.72 Å². The molecule has 0 aliphatic rings. The molecule has 3 aromatic rings. The standard InChI is InChI=1S/C17H20N4O3/c1-4-10-21-15-13(16(22)20(3)17(21)23)18-14(19-15)11-8-6-7-9-12(11)24-5-2/h6-9H,4-5,10H2,1-3H3,(H,18,19). The highest BCUT2D eigenvalue weighted by Gasteiger charge is 2.17. The van der Waals surface area contributed by atoms with Crippen LogP contribution in [0.3, 0.4) is 0 Å². The predicted molar refractivity (Wildman–Crippen MR) is 92.5 cm³/mol. The number of H-pyrrole nitrogens is 1. The highest BCUT2D eigenvalue weighted by atomic mass is 16.5. The van der Waals surface area contributed by atoms with Crippen molar-refractivity contribution in [3.63, 3.8) is 0 Å². The van der Waals surface area contributed by atoms with E-state index in [9.17, 15) is 9.59 Å². The molecule has 0 saturated carbocycles. The molecule has 1 N–H and O–H groups in total. The highest BCUT2D eigenvalue weighted by molar-refractivity contribution is 5.77. The molecule has 1 aromatic carbocycles. The molecule has 24 heavy (non-hydrogen) atoms. The normalized spacial score (nSPS) is 11.1. The number of hydrogen-bond donors (Lipinski definition) is 1. The van der Waals surface area contributed by atoms with Crippen LogP contribution >= 0.6 is 0 Å². The molecule has 126 valence electrons. The summed E-state index contributed by atoms with van der Waals surface area (Å²) in [4.78, 5) is 32.3. The van der Waals surface area contributed by atoms with Gasteiger partial charge in [0.05, 0.1) is 12.2 Å². The molecular formula is C17H20N4O3. The van der Waals surface area contributed by atoms with Gasteiger partial charge in [-0.25, -0.2) is 9.78 Å². The lowest BCUT2D eigenvalue weighted by atomic mass is 10.2. The van der Waals surface area contributed by atoms with E-state index in [0.29, 0.717) is 35.9 Å². The van der Waals surface area contributed by atoms with Crippen LogP contribution in [0, 0.1) is 0 Å². The molecule has 0 fully saturated rings. The van der Waals surface area contributed by atoms with Gasteiger partial charge in [-0.3, -0.25) is 13.9 Å². The number of para-hydroxylation sites is 1. The second kappa shape index (κ2) is 6.35. The van der Waals surface area contributed by atoms with E-state index in [1.54, 1.807) is 0 Å². The summed E-state index contributed by atoms with van der Waals surface area (Å²) in [6.07, 6.45) is 0.769. The van der Waals surface area contributed by atoms with Crippen molar-refractivity contribution < 1.29 is 4.74 Å². The van der Waals surface area contributed by atoms with Crippen LogP contribution in [-0.2, 0) is 13.6 Å². The first-order valence-corrected chi connectivity index (χ1v) is 8.00. The maximum atomic E-state index is 12.4. The van der Waals surface area contributed by atoms with Crippen LogP contribution in [0.15, 0.2) is 33.9 Å². The van der Waals surface area contributed by atoms with Crippen LogP contribution in [0.4, 0.5) is 0 Å². The Morgan fingerprint density at radius 2 is 1.96 bits per heavy atom. The Labute approximate surface area is 138 Å². The molecule has 0 spiro atoms. The minimum Gasteiger partial charge on any atom is -0.493 e. The van der Waals surface area contributed by atoms with E-state index in [-0.39, 0.29) is 11.2 Å². The molecule has 2 aromatic heterocycles. The molecule has 0 unspecified atom stereocenters. The van der Waals surface area contributed by atoms with Crippen LogP contribution in [0.1, 0.15) is 20.3 Å². The zero-order chi connectivity index (χ0) is 17.3. The second-order valence-corrected chi connectivity index (χ2v) is 5.51. The fourth-order valence-electron chi connectivity index (χ4n) is 2.73. The summed E-state index contributed by atoms with van der Waals surface area (Å²) in [6, 6.07) is 7.48. The van der Waals surface area contributed by atoms with Gasteiger partial charge in [-0.15, -0.1) is 0 Å². The Bertz CT molecular complexity index is 997. The van der Waals surface area contributed by atoms with Crippen LogP contribution < -0.4 is 16.0 Å². The van der Waals surface area contributed by atoms with E-state index in [4.69, 9.17) is 4.74 Å². The lowest BCUT2D eigenvalue weighted by Crippen LogP contribution is -2.38. The number of benzene rings is 1. The number of rotatable bonds is 5. The van der Waals surface area contributed by atoms with E-state index in [1.807, 2.05) is 38.1 Å². The summed E-state index contributed by atoms with van der Waals surface area (Å²) < 4.78 is 8.26. The first-order chi connectivity index (χ1) is 11.6. The Kier molecular flexibility index (Phi) is 4.24.